The van der Waals surface area contributed by atoms with Crippen LogP contribution in [0, 0.1) is 0 Å². The monoisotopic (exact) mass is 396 g/mol. The van der Waals surface area contributed by atoms with Crippen molar-refractivity contribution in [2.24, 2.45) is 0 Å². The molecule has 0 saturated carbocycles. The van der Waals surface area contributed by atoms with Gasteiger partial charge in [0.25, 0.3) is 5.91 Å². The van der Waals surface area contributed by atoms with Crippen LogP contribution < -0.4 is 10.2 Å². The van der Waals surface area contributed by atoms with Crippen LogP contribution in [-0.2, 0) is 0 Å². The highest BCUT2D eigenvalue weighted by atomic mass is 79.9. The van der Waals surface area contributed by atoms with E-state index in [4.69, 9.17) is 0 Å². The number of carbonyl (C=O) groups excluding carboxylic acids is 1. The highest BCUT2D eigenvalue weighted by Crippen LogP contribution is 2.19. The van der Waals surface area contributed by atoms with Crippen LogP contribution in [0.2, 0.25) is 0 Å². The molecule has 2 aromatic carbocycles. The van der Waals surface area contributed by atoms with Crippen LogP contribution in [0.25, 0.3) is 0 Å². The quantitative estimate of drug-likeness (QED) is 0.681. The molecule has 1 aromatic heterocycles. The van der Waals surface area contributed by atoms with Gasteiger partial charge in [-0.2, -0.15) is 0 Å². The number of hydrogen-bond donors (Lipinski definition) is 1. The molecule has 0 unspecified atom stereocenters. The largest absolute Gasteiger partial charge is 0.339 e. The van der Waals surface area contributed by atoms with Gasteiger partial charge in [0, 0.05) is 22.4 Å². The minimum atomic E-state index is -0.171. The van der Waals surface area contributed by atoms with Crippen molar-refractivity contribution in [1.82, 2.24) is 9.97 Å². The summed E-state index contributed by atoms with van der Waals surface area (Å²) >= 11 is 3.43. The van der Waals surface area contributed by atoms with Crippen LogP contribution in [0.5, 0.6) is 0 Å². The second kappa shape index (κ2) is 7.90. The van der Waals surface area contributed by atoms with Crippen LogP contribution >= 0.6 is 15.9 Å². The number of nitrogens with zero attached hydrogens (tertiary/aromatic N) is 3. The molecule has 126 valence electrons. The Morgan fingerprint density at radius 3 is 2.52 bits per heavy atom. The number of carbonyl (C=O) groups is 1. The molecule has 1 amide bonds. The molecule has 0 saturated heterocycles. The number of rotatable bonds is 5. The van der Waals surface area contributed by atoms with Gasteiger partial charge in [-0.15, -0.1) is 0 Å². The molecule has 0 fully saturated rings. The van der Waals surface area contributed by atoms with E-state index in [-0.39, 0.29) is 5.91 Å². The molecule has 0 aliphatic heterocycles. The fourth-order valence-electron chi connectivity index (χ4n) is 2.41. The van der Waals surface area contributed by atoms with E-state index in [0.717, 1.165) is 15.8 Å². The molecule has 6 heteroatoms. The van der Waals surface area contributed by atoms with E-state index in [0.29, 0.717) is 18.1 Å². The normalized spacial score (nSPS) is 10.3. The smallest absolute Gasteiger partial charge is 0.278 e. The minimum absolute atomic E-state index is 0.171. The maximum Gasteiger partial charge on any atom is 0.278 e. The summed E-state index contributed by atoms with van der Waals surface area (Å²) < 4.78 is 0.971. The number of benzene rings is 2. The van der Waals surface area contributed by atoms with Crippen molar-refractivity contribution in [2.75, 3.05) is 16.8 Å². The summed E-state index contributed by atoms with van der Waals surface area (Å²) in [6.07, 6.45) is 3.06. The summed E-state index contributed by atoms with van der Waals surface area (Å²) in [5.41, 5.74) is 2.04. The molecule has 25 heavy (non-hydrogen) atoms. The van der Waals surface area contributed by atoms with E-state index in [1.807, 2.05) is 61.5 Å². The van der Waals surface area contributed by atoms with Crippen molar-refractivity contribution in [1.29, 1.82) is 0 Å². The molecule has 0 spiro atoms. The highest BCUT2D eigenvalue weighted by Gasteiger charge is 2.17. The Kier molecular flexibility index (Phi) is 5.40. The average Bonchev–Trinajstić information content (AvgIpc) is 2.64. The van der Waals surface area contributed by atoms with Crippen molar-refractivity contribution in [3.05, 3.63) is 77.2 Å². The Hall–Kier alpha value is -2.73. The number of anilines is 3. The topological polar surface area (TPSA) is 58.1 Å². The zero-order valence-electron chi connectivity index (χ0n) is 13.7. The third-order valence-corrected chi connectivity index (χ3v) is 4.09. The van der Waals surface area contributed by atoms with Gasteiger partial charge < -0.3 is 10.2 Å². The zero-order chi connectivity index (χ0) is 17.6. The number of para-hydroxylation sites is 1. The van der Waals surface area contributed by atoms with E-state index >= 15 is 0 Å². The van der Waals surface area contributed by atoms with E-state index in [1.54, 1.807) is 11.1 Å². The molecule has 0 radical (unpaired) electrons. The van der Waals surface area contributed by atoms with Gasteiger partial charge in [-0.1, -0.05) is 40.2 Å². The van der Waals surface area contributed by atoms with Crippen LogP contribution in [-0.4, -0.2) is 22.4 Å². The Labute approximate surface area is 154 Å². The van der Waals surface area contributed by atoms with Gasteiger partial charge in [0.1, 0.15) is 11.5 Å². The fourth-order valence-corrected chi connectivity index (χ4v) is 2.81. The summed E-state index contributed by atoms with van der Waals surface area (Å²) in [5.74, 6) is 0.410. The lowest BCUT2D eigenvalue weighted by molar-refractivity contribution is 0.0983. The number of nitrogens with one attached hydrogen (secondary N) is 1. The first kappa shape index (κ1) is 17.1. The Morgan fingerprint density at radius 2 is 1.88 bits per heavy atom. The van der Waals surface area contributed by atoms with Crippen molar-refractivity contribution in [2.45, 2.75) is 6.92 Å². The second-order valence-electron chi connectivity index (χ2n) is 5.31. The lowest BCUT2D eigenvalue weighted by atomic mass is 10.2. The van der Waals surface area contributed by atoms with Gasteiger partial charge in [-0.25, -0.2) is 9.97 Å². The first-order chi connectivity index (χ1) is 12.2. The van der Waals surface area contributed by atoms with Crippen molar-refractivity contribution >= 4 is 39.0 Å². The van der Waals surface area contributed by atoms with Crippen molar-refractivity contribution in [3.63, 3.8) is 0 Å². The van der Waals surface area contributed by atoms with Gasteiger partial charge in [0.05, 0.1) is 12.4 Å². The lowest BCUT2D eigenvalue weighted by Crippen LogP contribution is -2.31. The molecule has 3 aromatic rings. The van der Waals surface area contributed by atoms with E-state index in [1.165, 1.54) is 6.20 Å². The number of hydrogen-bond acceptors (Lipinski definition) is 4. The molecule has 5 nitrogen and oxygen atoms in total. The summed E-state index contributed by atoms with van der Waals surface area (Å²) in [4.78, 5) is 22.9. The zero-order valence-corrected chi connectivity index (χ0v) is 15.3. The predicted octanol–water partition coefficient (Wildman–Crippen LogP) is 4.65. The third kappa shape index (κ3) is 4.22. The van der Waals surface area contributed by atoms with Gasteiger partial charge in [0.15, 0.2) is 0 Å². The maximum atomic E-state index is 12.7. The van der Waals surface area contributed by atoms with Crippen LogP contribution in [0.15, 0.2) is 71.5 Å². The number of halogens is 1. The third-order valence-electron chi connectivity index (χ3n) is 3.60. The van der Waals surface area contributed by atoms with Crippen LogP contribution in [0.4, 0.5) is 17.2 Å². The molecule has 1 heterocycles. The molecular weight excluding hydrogens is 380 g/mol. The Balaban J connectivity index is 1.76. The van der Waals surface area contributed by atoms with Crippen molar-refractivity contribution < 1.29 is 4.79 Å². The maximum absolute atomic E-state index is 12.7. The molecular formula is C19H17BrN4O. The van der Waals surface area contributed by atoms with Gasteiger partial charge >= 0.3 is 0 Å². The minimum Gasteiger partial charge on any atom is -0.339 e. The fraction of sp³-hybridized carbons (Fsp3) is 0.105. The standard InChI is InChI=1S/C19H17BrN4O/c1-2-24(16-9-4-3-5-10-16)19(25)17-12-22-18(13-21-17)23-15-8-6-7-14(20)11-15/h3-13H,2H2,1H3,(H,22,23). The highest BCUT2D eigenvalue weighted by molar-refractivity contribution is 9.10. The molecule has 3 rings (SSSR count). The SMILES string of the molecule is CCN(C(=O)c1cnc(Nc2cccc(Br)c2)cn1)c1ccccc1. The predicted molar refractivity (Wildman–Crippen MR) is 103 cm³/mol. The molecule has 1 N–H and O–H groups in total. The molecule has 0 atom stereocenters. The average molecular weight is 397 g/mol. The van der Waals surface area contributed by atoms with E-state index in [2.05, 4.69) is 31.2 Å². The van der Waals surface area contributed by atoms with E-state index in [9.17, 15) is 4.79 Å². The van der Waals surface area contributed by atoms with Gasteiger partial charge in [-0.3, -0.25) is 4.79 Å². The first-order valence-electron chi connectivity index (χ1n) is 7.89. The Morgan fingerprint density at radius 1 is 1.08 bits per heavy atom. The van der Waals surface area contributed by atoms with Crippen molar-refractivity contribution in [3.8, 4) is 0 Å². The first-order valence-corrected chi connectivity index (χ1v) is 8.68. The number of amides is 1. The second-order valence-corrected chi connectivity index (χ2v) is 6.22. The summed E-state index contributed by atoms with van der Waals surface area (Å²) in [5, 5.41) is 3.16. The lowest BCUT2D eigenvalue weighted by Gasteiger charge is -2.20. The summed E-state index contributed by atoms with van der Waals surface area (Å²) in [6.45, 7) is 2.49. The van der Waals surface area contributed by atoms with Crippen LogP contribution in [0.3, 0.4) is 0 Å². The molecule has 0 bridgehead atoms. The van der Waals surface area contributed by atoms with E-state index < -0.39 is 0 Å². The molecule has 0 aliphatic rings. The van der Waals surface area contributed by atoms with Gasteiger partial charge in [-0.05, 0) is 37.3 Å². The van der Waals surface area contributed by atoms with Gasteiger partial charge in [0.2, 0.25) is 0 Å². The summed E-state index contributed by atoms with van der Waals surface area (Å²) in [6, 6.07) is 17.3. The van der Waals surface area contributed by atoms with Crippen LogP contribution in [0.1, 0.15) is 17.4 Å². The summed E-state index contributed by atoms with van der Waals surface area (Å²) in [7, 11) is 0. The Bertz CT molecular complexity index is 853. The molecule has 0 aliphatic carbocycles. The number of aromatic nitrogens is 2.